The largest absolute Gasteiger partial charge is 0.465 e. The van der Waals surface area contributed by atoms with Crippen LogP contribution in [0.15, 0.2) is 30.3 Å². The molecule has 6 heteroatoms. The molecule has 0 saturated carbocycles. The van der Waals surface area contributed by atoms with Crippen LogP contribution in [-0.4, -0.2) is 49.4 Å². The molecular weight excluding hydrogens is 288 g/mol. The molecule has 22 heavy (non-hydrogen) atoms. The number of ether oxygens (including phenoxy) is 4. The van der Waals surface area contributed by atoms with Crippen molar-refractivity contribution in [3.63, 3.8) is 0 Å². The Morgan fingerprint density at radius 3 is 2.59 bits per heavy atom. The monoisotopic (exact) mass is 310 g/mol. The smallest absolute Gasteiger partial charge is 0.366 e. The van der Waals surface area contributed by atoms with Crippen LogP contribution in [0, 0.1) is 0 Å². The number of esters is 1. The normalized spacial score (nSPS) is 31.7. The van der Waals surface area contributed by atoms with Crippen LogP contribution in [-0.2, 0) is 30.3 Å². The zero-order valence-electron chi connectivity index (χ0n) is 13.0. The SMILES string of the molecule is COC(=O)C1(OC)C[C@@H](O)[C@H](OCc2ccccc2)[C@@H](C)O1. The lowest BCUT2D eigenvalue weighted by molar-refractivity contribution is -0.306. The standard InChI is InChI=1S/C16H22O6/c1-11-14(21-10-12-7-5-4-6-8-12)13(17)9-16(20-3,22-11)15(18)19-2/h4-8,11,13-14,17H,9-10H2,1-3H3/t11-,13-,14-,16?/m1/s1. The second kappa shape index (κ2) is 7.19. The van der Waals surface area contributed by atoms with Gasteiger partial charge in [-0.3, -0.25) is 0 Å². The molecule has 1 unspecified atom stereocenters. The number of aliphatic hydroxyl groups excluding tert-OH is 1. The summed E-state index contributed by atoms with van der Waals surface area (Å²) >= 11 is 0. The van der Waals surface area contributed by atoms with Crippen molar-refractivity contribution in [3.05, 3.63) is 35.9 Å². The Hall–Kier alpha value is -1.47. The number of aliphatic hydroxyl groups is 1. The average Bonchev–Trinajstić information content (AvgIpc) is 2.54. The zero-order chi connectivity index (χ0) is 16.2. The van der Waals surface area contributed by atoms with Gasteiger partial charge in [0.2, 0.25) is 0 Å². The summed E-state index contributed by atoms with van der Waals surface area (Å²) < 4.78 is 21.3. The molecule has 1 aromatic rings. The second-order valence-electron chi connectivity index (χ2n) is 5.30. The summed E-state index contributed by atoms with van der Waals surface area (Å²) in [5.41, 5.74) is 0.999. The minimum absolute atomic E-state index is 0.0417. The average molecular weight is 310 g/mol. The van der Waals surface area contributed by atoms with Crippen LogP contribution in [0.25, 0.3) is 0 Å². The lowest BCUT2D eigenvalue weighted by Crippen LogP contribution is -2.59. The molecule has 4 atom stereocenters. The molecule has 0 radical (unpaired) electrons. The van der Waals surface area contributed by atoms with Crippen molar-refractivity contribution in [3.8, 4) is 0 Å². The maximum Gasteiger partial charge on any atom is 0.366 e. The number of hydrogen-bond donors (Lipinski definition) is 1. The van der Waals surface area contributed by atoms with Crippen LogP contribution in [0.1, 0.15) is 18.9 Å². The van der Waals surface area contributed by atoms with Crippen LogP contribution in [0.4, 0.5) is 0 Å². The lowest BCUT2D eigenvalue weighted by Gasteiger charge is -2.43. The van der Waals surface area contributed by atoms with E-state index in [0.29, 0.717) is 6.61 Å². The number of benzene rings is 1. The van der Waals surface area contributed by atoms with Gasteiger partial charge in [-0.15, -0.1) is 0 Å². The van der Waals surface area contributed by atoms with Crippen LogP contribution in [0.2, 0.25) is 0 Å². The maximum atomic E-state index is 11.9. The zero-order valence-corrected chi connectivity index (χ0v) is 13.0. The van der Waals surface area contributed by atoms with Crippen LogP contribution in [0.5, 0.6) is 0 Å². The first-order valence-electron chi connectivity index (χ1n) is 7.17. The fraction of sp³-hybridized carbons (Fsp3) is 0.562. The lowest BCUT2D eigenvalue weighted by atomic mass is 9.95. The van der Waals surface area contributed by atoms with Crippen LogP contribution >= 0.6 is 0 Å². The summed E-state index contributed by atoms with van der Waals surface area (Å²) in [7, 11) is 2.60. The summed E-state index contributed by atoms with van der Waals surface area (Å²) in [5, 5.41) is 10.3. The van der Waals surface area contributed by atoms with Gasteiger partial charge in [-0.2, -0.15) is 0 Å². The van der Waals surface area contributed by atoms with Gasteiger partial charge >= 0.3 is 5.97 Å². The summed E-state index contributed by atoms with van der Waals surface area (Å²) in [5.74, 6) is -2.25. The van der Waals surface area contributed by atoms with Gasteiger partial charge < -0.3 is 24.1 Å². The van der Waals surface area contributed by atoms with Crippen LogP contribution < -0.4 is 0 Å². The summed E-state index contributed by atoms with van der Waals surface area (Å²) in [6.07, 6.45) is -2.01. The fourth-order valence-corrected chi connectivity index (χ4v) is 2.63. The van der Waals surface area contributed by atoms with Gasteiger partial charge in [0, 0.05) is 13.5 Å². The summed E-state index contributed by atoms with van der Waals surface area (Å²) in [6, 6.07) is 9.64. The van der Waals surface area contributed by atoms with E-state index in [1.165, 1.54) is 14.2 Å². The molecule has 1 aliphatic heterocycles. The number of rotatable bonds is 5. The predicted octanol–water partition coefficient (Wildman–Crippen LogP) is 1.26. The molecule has 2 rings (SSSR count). The molecule has 1 aliphatic rings. The molecule has 1 N–H and O–H groups in total. The molecule has 1 saturated heterocycles. The molecule has 0 aliphatic carbocycles. The van der Waals surface area contributed by atoms with Crippen LogP contribution in [0.3, 0.4) is 0 Å². The van der Waals surface area contributed by atoms with Gasteiger partial charge in [-0.1, -0.05) is 30.3 Å². The molecule has 6 nitrogen and oxygen atoms in total. The first-order valence-corrected chi connectivity index (χ1v) is 7.17. The van der Waals surface area contributed by atoms with Gasteiger partial charge in [0.25, 0.3) is 5.79 Å². The van der Waals surface area contributed by atoms with E-state index in [0.717, 1.165) is 5.56 Å². The summed E-state index contributed by atoms with van der Waals surface area (Å²) in [6.45, 7) is 2.09. The van der Waals surface area contributed by atoms with Crippen molar-refractivity contribution < 1.29 is 28.8 Å². The Balaban J connectivity index is 2.03. The van der Waals surface area contributed by atoms with Crippen molar-refractivity contribution in [1.29, 1.82) is 0 Å². The first-order chi connectivity index (χ1) is 10.5. The Labute approximate surface area is 129 Å². The Morgan fingerprint density at radius 1 is 1.36 bits per heavy atom. The third kappa shape index (κ3) is 3.47. The van der Waals surface area contributed by atoms with Crippen molar-refractivity contribution in [2.45, 2.75) is 44.1 Å². The maximum absolute atomic E-state index is 11.9. The Bertz CT molecular complexity index is 477. The Morgan fingerprint density at radius 2 is 2.05 bits per heavy atom. The first kappa shape index (κ1) is 16.9. The molecular formula is C16H22O6. The van der Waals surface area contributed by atoms with Gasteiger partial charge in [-0.05, 0) is 12.5 Å². The van der Waals surface area contributed by atoms with E-state index in [4.69, 9.17) is 18.9 Å². The van der Waals surface area contributed by atoms with E-state index < -0.39 is 30.1 Å². The number of hydrogen-bond acceptors (Lipinski definition) is 6. The van der Waals surface area contributed by atoms with Crippen molar-refractivity contribution in [2.24, 2.45) is 0 Å². The highest BCUT2D eigenvalue weighted by Gasteiger charge is 2.52. The van der Waals surface area contributed by atoms with Crippen molar-refractivity contribution in [1.82, 2.24) is 0 Å². The molecule has 1 heterocycles. The van der Waals surface area contributed by atoms with Crippen molar-refractivity contribution in [2.75, 3.05) is 14.2 Å². The van der Waals surface area contributed by atoms with E-state index in [9.17, 15) is 9.90 Å². The van der Waals surface area contributed by atoms with E-state index >= 15 is 0 Å². The molecule has 0 amide bonds. The Kier molecular flexibility index (Phi) is 5.52. The number of methoxy groups -OCH3 is 2. The predicted molar refractivity (Wildman–Crippen MR) is 77.9 cm³/mol. The topological polar surface area (TPSA) is 74.2 Å². The van der Waals surface area contributed by atoms with E-state index in [1.807, 2.05) is 30.3 Å². The minimum Gasteiger partial charge on any atom is -0.465 e. The van der Waals surface area contributed by atoms with E-state index in [2.05, 4.69) is 0 Å². The third-order valence-corrected chi connectivity index (χ3v) is 3.81. The van der Waals surface area contributed by atoms with Crippen molar-refractivity contribution >= 4 is 5.97 Å². The molecule has 1 fully saturated rings. The highest BCUT2D eigenvalue weighted by atomic mass is 16.7. The number of carbonyl (C=O) groups is 1. The minimum atomic E-state index is -1.58. The highest BCUT2D eigenvalue weighted by Crippen LogP contribution is 2.33. The number of carbonyl (C=O) groups excluding carboxylic acids is 1. The van der Waals surface area contributed by atoms with Gasteiger partial charge in [0.1, 0.15) is 6.10 Å². The summed E-state index contributed by atoms with van der Waals surface area (Å²) in [4.78, 5) is 11.9. The van der Waals surface area contributed by atoms with E-state index in [1.54, 1.807) is 6.92 Å². The third-order valence-electron chi connectivity index (χ3n) is 3.81. The highest BCUT2D eigenvalue weighted by molar-refractivity contribution is 5.78. The van der Waals surface area contributed by atoms with Gasteiger partial charge in [-0.25, -0.2) is 4.79 Å². The van der Waals surface area contributed by atoms with Gasteiger partial charge in [0.05, 0.1) is 25.9 Å². The molecule has 1 aromatic carbocycles. The fourth-order valence-electron chi connectivity index (χ4n) is 2.63. The molecule has 0 spiro atoms. The second-order valence-corrected chi connectivity index (χ2v) is 5.30. The molecule has 0 bridgehead atoms. The van der Waals surface area contributed by atoms with E-state index in [-0.39, 0.29) is 6.42 Å². The quantitative estimate of drug-likeness (QED) is 0.825. The molecule has 0 aromatic heterocycles. The van der Waals surface area contributed by atoms with Gasteiger partial charge in [0.15, 0.2) is 0 Å². The molecule has 122 valence electrons.